The van der Waals surface area contributed by atoms with E-state index in [1.165, 1.54) is 23.2 Å². The largest absolute Gasteiger partial charge is 0.359 e. The van der Waals surface area contributed by atoms with Crippen molar-refractivity contribution in [3.05, 3.63) is 82.8 Å². The standard InChI is InChI=1S/C22H19ClN4O2S/c1-3-11-26-20(24-18-10-5-4-9-17(18)21(26)29)19-13-30-22(25-19)27(14(2)28)16-8-6-7-15(23)12-16/h3-10,12-13,20,24H,1,11H2,2H3. The van der Waals surface area contributed by atoms with Crippen molar-refractivity contribution in [3.8, 4) is 0 Å². The summed E-state index contributed by atoms with van der Waals surface area (Å²) in [6.45, 7) is 5.61. The van der Waals surface area contributed by atoms with Gasteiger partial charge in [0.05, 0.1) is 16.9 Å². The topological polar surface area (TPSA) is 65.5 Å². The van der Waals surface area contributed by atoms with Gasteiger partial charge in [0.25, 0.3) is 5.91 Å². The molecule has 0 fully saturated rings. The van der Waals surface area contributed by atoms with E-state index < -0.39 is 6.17 Å². The second kappa shape index (κ2) is 8.30. The van der Waals surface area contributed by atoms with E-state index in [1.807, 2.05) is 23.6 Å². The highest BCUT2D eigenvalue weighted by Crippen LogP contribution is 2.36. The molecule has 6 nitrogen and oxygen atoms in total. The molecule has 1 N–H and O–H groups in total. The molecule has 2 heterocycles. The first-order valence-electron chi connectivity index (χ1n) is 9.28. The van der Waals surface area contributed by atoms with Gasteiger partial charge in [-0.1, -0.05) is 35.9 Å². The summed E-state index contributed by atoms with van der Waals surface area (Å²) < 4.78 is 0. The molecule has 2 amide bonds. The van der Waals surface area contributed by atoms with Crippen LogP contribution in [0.15, 0.2) is 66.6 Å². The summed E-state index contributed by atoms with van der Waals surface area (Å²) in [5.74, 6) is -0.277. The van der Waals surface area contributed by atoms with Crippen LogP contribution in [0, 0.1) is 0 Å². The number of nitrogens with zero attached hydrogens (tertiary/aromatic N) is 3. The maximum Gasteiger partial charge on any atom is 0.258 e. The Hall–Kier alpha value is -3.16. The van der Waals surface area contributed by atoms with E-state index >= 15 is 0 Å². The van der Waals surface area contributed by atoms with Crippen LogP contribution in [0.5, 0.6) is 0 Å². The molecule has 0 saturated heterocycles. The molecule has 152 valence electrons. The first-order chi connectivity index (χ1) is 14.5. The van der Waals surface area contributed by atoms with Gasteiger partial charge in [-0.25, -0.2) is 4.98 Å². The quantitative estimate of drug-likeness (QED) is 0.553. The van der Waals surface area contributed by atoms with Gasteiger partial charge in [0.15, 0.2) is 5.13 Å². The van der Waals surface area contributed by atoms with E-state index in [0.29, 0.717) is 33.6 Å². The first kappa shape index (κ1) is 20.1. The lowest BCUT2D eigenvalue weighted by molar-refractivity contribution is -0.115. The third-order valence-electron chi connectivity index (χ3n) is 4.71. The summed E-state index contributed by atoms with van der Waals surface area (Å²) in [6.07, 6.45) is 1.21. The van der Waals surface area contributed by atoms with Crippen molar-refractivity contribution < 1.29 is 9.59 Å². The van der Waals surface area contributed by atoms with E-state index in [0.717, 1.165) is 5.69 Å². The molecular weight excluding hydrogens is 420 g/mol. The summed E-state index contributed by atoms with van der Waals surface area (Å²) in [4.78, 5) is 33.3. The fraction of sp³-hybridized carbons (Fsp3) is 0.136. The van der Waals surface area contributed by atoms with Crippen LogP contribution in [0.2, 0.25) is 5.02 Å². The van der Waals surface area contributed by atoms with Crippen molar-refractivity contribution in [2.45, 2.75) is 13.1 Å². The average Bonchev–Trinajstić information content (AvgIpc) is 3.19. The van der Waals surface area contributed by atoms with Gasteiger partial charge in [0.1, 0.15) is 6.17 Å². The molecule has 30 heavy (non-hydrogen) atoms. The third kappa shape index (κ3) is 3.69. The molecule has 3 aromatic rings. The number of halogens is 1. The Bertz CT molecular complexity index is 1130. The number of thiazole rings is 1. The molecule has 4 rings (SSSR count). The highest BCUT2D eigenvalue weighted by molar-refractivity contribution is 7.14. The molecule has 1 aliphatic rings. The molecule has 0 bridgehead atoms. The lowest BCUT2D eigenvalue weighted by Gasteiger charge is -2.36. The molecule has 0 radical (unpaired) electrons. The van der Waals surface area contributed by atoms with Crippen LogP contribution in [0.25, 0.3) is 0 Å². The van der Waals surface area contributed by atoms with Crippen molar-refractivity contribution in [2.75, 3.05) is 16.8 Å². The summed E-state index contributed by atoms with van der Waals surface area (Å²) in [5.41, 5.74) is 2.64. The minimum atomic E-state index is -0.469. The van der Waals surface area contributed by atoms with Gasteiger partial charge in [-0.05, 0) is 30.3 Å². The zero-order chi connectivity index (χ0) is 21.3. The zero-order valence-electron chi connectivity index (χ0n) is 16.2. The minimum absolute atomic E-state index is 0.0953. The number of carbonyl (C=O) groups is 2. The van der Waals surface area contributed by atoms with Crippen LogP contribution in [0.4, 0.5) is 16.5 Å². The van der Waals surface area contributed by atoms with Gasteiger partial charge in [0, 0.05) is 29.6 Å². The van der Waals surface area contributed by atoms with E-state index in [-0.39, 0.29) is 11.8 Å². The monoisotopic (exact) mass is 438 g/mol. The maximum atomic E-state index is 13.0. The molecule has 1 unspecified atom stereocenters. The van der Waals surface area contributed by atoms with E-state index in [1.54, 1.807) is 41.3 Å². The van der Waals surface area contributed by atoms with Crippen LogP contribution in [0.1, 0.15) is 29.1 Å². The Labute approximate surface area is 183 Å². The fourth-order valence-corrected chi connectivity index (χ4v) is 4.49. The number of benzene rings is 2. The second-order valence-electron chi connectivity index (χ2n) is 6.73. The van der Waals surface area contributed by atoms with Gasteiger partial charge in [-0.3, -0.25) is 14.5 Å². The molecule has 0 spiro atoms. The van der Waals surface area contributed by atoms with Crippen LogP contribution in [-0.2, 0) is 4.79 Å². The summed E-state index contributed by atoms with van der Waals surface area (Å²) >= 11 is 7.44. The van der Waals surface area contributed by atoms with Crippen LogP contribution >= 0.6 is 22.9 Å². The normalized spacial score (nSPS) is 15.3. The number of anilines is 3. The molecule has 8 heteroatoms. The average molecular weight is 439 g/mol. The number of amides is 2. The molecule has 0 aliphatic carbocycles. The van der Waals surface area contributed by atoms with Gasteiger partial charge in [0.2, 0.25) is 5.91 Å². The number of nitrogens with one attached hydrogen (secondary N) is 1. The number of fused-ring (bicyclic) bond motifs is 1. The molecule has 1 aliphatic heterocycles. The predicted molar refractivity (Wildman–Crippen MR) is 120 cm³/mol. The first-order valence-corrected chi connectivity index (χ1v) is 10.5. The van der Waals surface area contributed by atoms with Crippen molar-refractivity contribution in [3.63, 3.8) is 0 Å². The molecule has 2 aromatic carbocycles. The fourth-order valence-electron chi connectivity index (χ4n) is 3.40. The Morgan fingerprint density at radius 2 is 2.13 bits per heavy atom. The minimum Gasteiger partial charge on any atom is -0.359 e. The molecule has 0 saturated carbocycles. The number of carbonyl (C=O) groups excluding carboxylic acids is 2. The Balaban J connectivity index is 1.72. The number of rotatable bonds is 5. The van der Waals surface area contributed by atoms with Crippen molar-refractivity contribution >= 4 is 51.3 Å². The van der Waals surface area contributed by atoms with E-state index in [2.05, 4.69) is 11.9 Å². The maximum absolute atomic E-state index is 13.0. The molecule has 1 aromatic heterocycles. The van der Waals surface area contributed by atoms with E-state index in [4.69, 9.17) is 16.6 Å². The second-order valence-corrected chi connectivity index (χ2v) is 8.00. The summed E-state index contributed by atoms with van der Waals surface area (Å²) in [6, 6.07) is 14.4. The van der Waals surface area contributed by atoms with Gasteiger partial charge in [-0.15, -0.1) is 17.9 Å². The lowest BCUT2D eigenvalue weighted by Crippen LogP contribution is -2.43. The highest BCUT2D eigenvalue weighted by Gasteiger charge is 2.34. The SMILES string of the molecule is C=CCN1C(=O)c2ccccc2NC1c1csc(N(C(C)=O)c2cccc(Cl)c2)n1. The van der Waals surface area contributed by atoms with Gasteiger partial charge < -0.3 is 10.2 Å². The Morgan fingerprint density at radius 1 is 1.33 bits per heavy atom. The highest BCUT2D eigenvalue weighted by atomic mass is 35.5. The Kier molecular flexibility index (Phi) is 5.57. The van der Waals surface area contributed by atoms with E-state index in [9.17, 15) is 9.59 Å². The van der Waals surface area contributed by atoms with Crippen LogP contribution < -0.4 is 10.2 Å². The van der Waals surface area contributed by atoms with Crippen molar-refractivity contribution in [2.24, 2.45) is 0 Å². The number of hydrogen-bond acceptors (Lipinski definition) is 5. The van der Waals surface area contributed by atoms with Crippen molar-refractivity contribution in [1.82, 2.24) is 9.88 Å². The zero-order valence-corrected chi connectivity index (χ0v) is 17.8. The summed E-state index contributed by atoms with van der Waals surface area (Å²) in [5, 5.41) is 6.28. The third-order valence-corrected chi connectivity index (χ3v) is 5.79. The smallest absolute Gasteiger partial charge is 0.258 e. The predicted octanol–water partition coefficient (Wildman–Crippen LogP) is 5.23. The summed E-state index contributed by atoms with van der Waals surface area (Å²) in [7, 11) is 0. The number of para-hydroxylation sites is 1. The van der Waals surface area contributed by atoms with Gasteiger partial charge in [-0.2, -0.15) is 0 Å². The molecule has 1 atom stereocenters. The van der Waals surface area contributed by atoms with Gasteiger partial charge >= 0.3 is 0 Å². The van der Waals surface area contributed by atoms with Crippen LogP contribution in [0.3, 0.4) is 0 Å². The number of aromatic nitrogens is 1. The Morgan fingerprint density at radius 3 is 2.87 bits per heavy atom. The van der Waals surface area contributed by atoms with Crippen molar-refractivity contribution in [1.29, 1.82) is 0 Å². The molecular formula is C22H19ClN4O2S. The van der Waals surface area contributed by atoms with Crippen LogP contribution in [-0.4, -0.2) is 28.2 Å². The lowest BCUT2D eigenvalue weighted by atomic mass is 10.1. The number of hydrogen-bond donors (Lipinski definition) is 1.